The highest BCUT2D eigenvalue weighted by Gasteiger charge is 2.35. The van der Waals surface area contributed by atoms with Gasteiger partial charge in [0, 0.05) is 0 Å². The summed E-state index contributed by atoms with van der Waals surface area (Å²) in [5, 5.41) is 16.9. The van der Waals surface area contributed by atoms with Crippen molar-refractivity contribution in [2.45, 2.75) is 12.6 Å². The molecule has 2 unspecified atom stereocenters. The van der Waals surface area contributed by atoms with Crippen LogP contribution in [0, 0.1) is 0 Å². The number of hydrogen-bond acceptors (Lipinski definition) is 6. The first-order chi connectivity index (χ1) is 4.61. The van der Waals surface area contributed by atoms with Crippen LogP contribution >= 0.6 is 0 Å². The van der Waals surface area contributed by atoms with Crippen LogP contribution < -0.4 is 0 Å². The number of aliphatic hydroxyl groups is 2. The van der Waals surface area contributed by atoms with Gasteiger partial charge >= 0.3 is 11.9 Å². The van der Waals surface area contributed by atoms with Crippen LogP contribution in [0.1, 0.15) is 0 Å². The Morgan fingerprint density at radius 1 is 1.00 bits per heavy atom. The predicted octanol–water partition coefficient (Wildman–Crippen LogP) is -2.28. The van der Waals surface area contributed by atoms with E-state index in [1.165, 1.54) is 0 Å². The van der Waals surface area contributed by atoms with Gasteiger partial charge in [0.05, 0.1) is 0 Å². The lowest BCUT2D eigenvalue weighted by Crippen LogP contribution is -2.43. The summed E-state index contributed by atoms with van der Waals surface area (Å²) in [4.78, 5) is 20.5. The van der Waals surface area contributed by atoms with Gasteiger partial charge in [-0.3, -0.25) is 0 Å². The van der Waals surface area contributed by atoms with E-state index in [4.69, 9.17) is 10.2 Å². The van der Waals surface area contributed by atoms with Crippen molar-refractivity contribution in [1.82, 2.24) is 0 Å². The van der Waals surface area contributed by atoms with Crippen molar-refractivity contribution in [1.29, 1.82) is 0 Å². The lowest BCUT2D eigenvalue weighted by molar-refractivity contribution is -0.240. The highest BCUT2D eigenvalue weighted by Crippen LogP contribution is 2.05. The van der Waals surface area contributed by atoms with E-state index in [0.29, 0.717) is 0 Å². The third-order valence-corrected chi connectivity index (χ3v) is 0.859. The van der Waals surface area contributed by atoms with Gasteiger partial charge in [0.25, 0.3) is 12.6 Å². The predicted molar refractivity (Wildman–Crippen MR) is 24.2 cm³/mol. The van der Waals surface area contributed by atoms with Crippen molar-refractivity contribution in [2.75, 3.05) is 0 Å². The van der Waals surface area contributed by atoms with Crippen LogP contribution in [0.4, 0.5) is 0 Å². The molecule has 1 aliphatic heterocycles. The summed E-state index contributed by atoms with van der Waals surface area (Å²) < 4.78 is 7.81. The first kappa shape index (κ1) is 6.97. The van der Waals surface area contributed by atoms with Crippen LogP contribution in [-0.2, 0) is 19.1 Å². The summed E-state index contributed by atoms with van der Waals surface area (Å²) in [6.45, 7) is 0. The molecule has 0 bridgehead atoms. The summed E-state index contributed by atoms with van der Waals surface area (Å²) in [6, 6.07) is 0. The smallest absolute Gasteiger partial charge is 0.379 e. The van der Waals surface area contributed by atoms with Crippen LogP contribution in [0.3, 0.4) is 0 Å². The van der Waals surface area contributed by atoms with E-state index in [9.17, 15) is 9.59 Å². The zero-order chi connectivity index (χ0) is 7.72. The number of ether oxygens (including phenoxy) is 2. The maximum absolute atomic E-state index is 10.2. The molecule has 0 aromatic heterocycles. The fourth-order valence-electron chi connectivity index (χ4n) is 0.433. The molecule has 1 heterocycles. The van der Waals surface area contributed by atoms with Gasteiger partial charge in [-0.05, 0) is 0 Å². The Labute approximate surface area is 55.0 Å². The molecule has 0 spiro atoms. The Bertz CT molecular complexity index is 155. The molecule has 6 heteroatoms. The fourth-order valence-corrected chi connectivity index (χ4v) is 0.433. The molecule has 0 aromatic rings. The van der Waals surface area contributed by atoms with Crippen molar-refractivity contribution in [3.63, 3.8) is 0 Å². The summed E-state index contributed by atoms with van der Waals surface area (Å²) in [5.74, 6) is -2.35. The molecule has 0 saturated carbocycles. The quantitative estimate of drug-likeness (QED) is 0.376. The Morgan fingerprint density at radius 3 is 1.60 bits per heavy atom. The Morgan fingerprint density at radius 2 is 1.30 bits per heavy atom. The first-order valence-electron chi connectivity index (χ1n) is 2.38. The molecular weight excluding hydrogens is 144 g/mol. The lowest BCUT2D eigenvalue weighted by atomic mass is 10.5. The SMILES string of the molecule is O=C1OC(O)C(=O)OC1O. The van der Waals surface area contributed by atoms with Gasteiger partial charge in [-0.25, -0.2) is 9.59 Å². The molecule has 56 valence electrons. The van der Waals surface area contributed by atoms with Crippen LogP contribution in [-0.4, -0.2) is 34.7 Å². The second-order valence-corrected chi connectivity index (χ2v) is 1.58. The van der Waals surface area contributed by atoms with E-state index in [1.807, 2.05) is 0 Å². The van der Waals surface area contributed by atoms with Crippen molar-refractivity contribution in [3.8, 4) is 0 Å². The Kier molecular flexibility index (Phi) is 1.56. The molecule has 0 aliphatic carbocycles. The molecule has 0 radical (unpaired) electrons. The van der Waals surface area contributed by atoms with Crippen LogP contribution in [0.25, 0.3) is 0 Å². The first-order valence-corrected chi connectivity index (χ1v) is 2.38. The molecule has 0 amide bonds. The maximum Gasteiger partial charge on any atom is 0.379 e. The summed E-state index contributed by atoms with van der Waals surface area (Å²) in [5.41, 5.74) is 0. The fraction of sp³-hybridized carbons (Fsp3) is 0.500. The zero-order valence-corrected chi connectivity index (χ0v) is 4.68. The second kappa shape index (κ2) is 2.24. The monoisotopic (exact) mass is 148 g/mol. The zero-order valence-electron chi connectivity index (χ0n) is 4.68. The van der Waals surface area contributed by atoms with Crippen LogP contribution in [0.15, 0.2) is 0 Å². The van der Waals surface area contributed by atoms with Crippen molar-refractivity contribution >= 4 is 11.9 Å². The van der Waals surface area contributed by atoms with E-state index < -0.39 is 24.5 Å². The minimum atomic E-state index is -1.91. The summed E-state index contributed by atoms with van der Waals surface area (Å²) in [7, 11) is 0. The highest BCUT2D eigenvalue weighted by atomic mass is 16.7. The number of rotatable bonds is 0. The van der Waals surface area contributed by atoms with Gasteiger partial charge in [0.2, 0.25) is 0 Å². The summed E-state index contributed by atoms with van der Waals surface area (Å²) >= 11 is 0. The average Bonchev–Trinajstić information content (AvgIpc) is 1.84. The van der Waals surface area contributed by atoms with Crippen LogP contribution in [0.5, 0.6) is 0 Å². The third-order valence-electron chi connectivity index (χ3n) is 0.859. The standard InChI is InChI=1S/C4H4O6/c5-1-2(6)10-4(8)3(7)9-1/h1,4-5,8H. The topological polar surface area (TPSA) is 93.1 Å². The van der Waals surface area contributed by atoms with Gasteiger partial charge in [0.15, 0.2) is 0 Å². The summed E-state index contributed by atoms with van der Waals surface area (Å²) in [6.07, 6.45) is -3.81. The number of carbonyl (C=O) groups excluding carboxylic acids is 2. The van der Waals surface area contributed by atoms with E-state index in [1.54, 1.807) is 0 Å². The van der Waals surface area contributed by atoms with Gasteiger partial charge in [-0.1, -0.05) is 0 Å². The van der Waals surface area contributed by atoms with Gasteiger partial charge in [-0.2, -0.15) is 0 Å². The van der Waals surface area contributed by atoms with E-state index in [2.05, 4.69) is 9.47 Å². The van der Waals surface area contributed by atoms with Crippen molar-refractivity contribution in [2.24, 2.45) is 0 Å². The number of hydrogen-bond donors (Lipinski definition) is 2. The average molecular weight is 148 g/mol. The third kappa shape index (κ3) is 1.07. The molecule has 2 N–H and O–H groups in total. The molecule has 1 saturated heterocycles. The number of aliphatic hydroxyl groups excluding tert-OH is 2. The van der Waals surface area contributed by atoms with Gasteiger partial charge in [0.1, 0.15) is 0 Å². The van der Waals surface area contributed by atoms with Crippen LogP contribution in [0.2, 0.25) is 0 Å². The molecule has 1 rings (SSSR count). The Balaban J connectivity index is 2.63. The molecule has 1 aliphatic rings. The van der Waals surface area contributed by atoms with Crippen molar-refractivity contribution in [3.05, 3.63) is 0 Å². The number of carbonyl (C=O) groups is 2. The molecule has 1 fully saturated rings. The normalized spacial score (nSPS) is 33.0. The largest absolute Gasteiger partial charge is 0.419 e. The molecule has 6 nitrogen and oxygen atoms in total. The van der Waals surface area contributed by atoms with Gasteiger partial charge < -0.3 is 19.7 Å². The Hall–Kier alpha value is -1.14. The molecular formula is C4H4O6. The molecule has 0 aromatic carbocycles. The molecule has 10 heavy (non-hydrogen) atoms. The maximum atomic E-state index is 10.2. The van der Waals surface area contributed by atoms with Crippen molar-refractivity contribution < 1.29 is 29.3 Å². The second-order valence-electron chi connectivity index (χ2n) is 1.58. The highest BCUT2D eigenvalue weighted by molar-refractivity contribution is 5.85. The van der Waals surface area contributed by atoms with E-state index in [0.717, 1.165) is 0 Å². The molecule has 2 atom stereocenters. The number of esters is 2. The minimum absolute atomic E-state index is 1.17. The van der Waals surface area contributed by atoms with E-state index in [-0.39, 0.29) is 0 Å². The minimum Gasteiger partial charge on any atom is -0.419 e. The lowest BCUT2D eigenvalue weighted by Gasteiger charge is -2.19. The van der Waals surface area contributed by atoms with Gasteiger partial charge in [-0.15, -0.1) is 0 Å². The van der Waals surface area contributed by atoms with E-state index >= 15 is 0 Å². The number of cyclic esters (lactones) is 2.